The molecule has 0 amide bonds. The third-order valence-corrected chi connectivity index (χ3v) is 4.13. The van der Waals surface area contributed by atoms with E-state index in [1.807, 2.05) is 0 Å². The van der Waals surface area contributed by atoms with Gasteiger partial charge in [0.2, 0.25) is 10.0 Å². The largest absolute Gasteiger partial charge is 0.456 e. The fraction of sp³-hybridized carbons (Fsp3) is 0.0769. The molecular weight excluding hydrogens is 349 g/mol. The standard InChI is InChI=1S/C13H11BrFNO3S/c1-8-2-3-9(6-12(8)15)19-13-5-4-10(7-11(13)14)20(16,17)18/h2-7H,1H3,(H2,16,17,18). The molecule has 0 saturated heterocycles. The number of sulfonamides is 1. The molecule has 2 rings (SSSR count). The van der Waals surface area contributed by atoms with Crippen LogP contribution >= 0.6 is 15.9 Å². The van der Waals surface area contributed by atoms with Gasteiger partial charge in [-0.05, 0) is 52.7 Å². The summed E-state index contributed by atoms with van der Waals surface area (Å²) in [5, 5.41) is 5.03. The fourth-order valence-corrected chi connectivity index (χ4v) is 2.66. The SMILES string of the molecule is Cc1ccc(Oc2ccc(S(N)(=O)=O)cc2Br)cc1F. The van der Waals surface area contributed by atoms with E-state index >= 15 is 0 Å². The molecule has 0 spiro atoms. The van der Waals surface area contributed by atoms with Gasteiger partial charge in [0.15, 0.2) is 0 Å². The zero-order chi connectivity index (χ0) is 14.9. The summed E-state index contributed by atoms with van der Waals surface area (Å²) in [6, 6.07) is 8.57. The van der Waals surface area contributed by atoms with Crippen LogP contribution in [0.25, 0.3) is 0 Å². The van der Waals surface area contributed by atoms with E-state index < -0.39 is 10.0 Å². The van der Waals surface area contributed by atoms with Gasteiger partial charge in [0.1, 0.15) is 17.3 Å². The van der Waals surface area contributed by atoms with Crippen LogP contribution < -0.4 is 9.88 Å². The van der Waals surface area contributed by atoms with Crippen molar-refractivity contribution >= 4 is 26.0 Å². The first-order chi connectivity index (χ1) is 9.27. The van der Waals surface area contributed by atoms with E-state index in [0.717, 1.165) is 0 Å². The monoisotopic (exact) mass is 359 g/mol. The predicted octanol–water partition coefficient (Wildman–Crippen LogP) is 3.34. The highest BCUT2D eigenvalue weighted by molar-refractivity contribution is 9.10. The predicted molar refractivity (Wildman–Crippen MR) is 76.7 cm³/mol. The summed E-state index contributed by atoms with van der Waals surface area (Å²) >= 11 is 3.19. The average molecular weight is 360 g/mol. The third-order valence-electron chi connectivity index (χ3n) is 2.60. The first kappa shape index (κ1) is 15.0. The third kappa shape index (κ3) is 3.36. The first-order valence-corrected chi connectivity index (χ1v) is 7.87. The van der Waals surface area contributed by atoms with E-state index in [1.54, 1.807) is 19.1 Å². The molecule has 20 heavy (non-hydrogen) atoms. The van der Waals surface area contributed by atoms with Crippen molar-refractivity contribution in [3.05, 3.63) is 52.3 Å². The molecule has 4 nitrogen and oxygen atoms in total. The topological polar surface area (TPSA) is 69.4 Å². The van der Waals surface area contributed by atoms with Gasteiger partial charge < -0.3 is 4.74 Å². The van der Waals surface area contributed by atoms with Gasteiger partial charge in [0, 0.05) is 6.07 Å². The lowest BCUT2D eigenvalue weighted by atomic mass is 10.2. The molecule has 0 fully saturated rings. The molecule has 2 N–H and O–H groups in total. The molecule has 0 aliphatic heterocycles. The fourth-order valence-electron chi connectivity index (χ4n) is 1.51. The normalized spacial score (nSPS) is 11.4. The Bertz CT molecular complexity index is 762. The molecule has 0 radical (unpaired) electrons. The van der Waals surface area contributed by atoms with Crippen LogP contribution in [0.1, 0.15) is 5.56 Å². The summed E-state index contributed by atoms with van der Waals surface area (Å²) in [6.45, 7) is 1.65. The minimum atomic E-state index is -3.77. The molecular formula is C13H11BrFNO3S. The molecule has 0 saturated carbocycles. The lowest BCUT2D eigenvalue weighted by Gasteiger charge is -2.09. The first-order valence-electron chi connectivity index (χ1n) is 5.54. The van der Waals surface area contributed by atoms with Crippen molar-refractivity contribution in [3.8, 4) is 11.5 Å². The van der Waals surface area contributed by atoms with Crippen molar-refractivity contribution in [1.29, 1.82) is 0 Å². The molecule has 2 aromatic carbocycles. The van der Waals surface area contributed by atoms with E-state index in [1.165, 1.54) is 24.3 Å². The van der Waals surface area contributed by atoms with Gasteiger partial charge in [-0.1, -0.05) is 6.07 Å². The van der Waals surface area contributed by atoms with Crippen molar-refractivity contribution < 1.29 is 17.5 Å². The number of rotatable bonds is 3. The average Bonchev–Trinajstić information content (AvgIpc) is 2.35. The zero-order valence-electron chi connectivity index (χ0n) is 10.4. The van der Waals surface area contributed by atoms with Crippen LogP contribution in [0.4, 0.5) is 4.39 Å². The second kappa shape index (κ2) is 5.51. The van der Waals surface area contributed by atoms with E-state index in [-0.39, 0.29) is 10.7 Å². The van der Waals surface area contributed by atoms with E-state index in [4.69, 9.17) is 9.88 Å². The van der Waals surface area contributed by atoms with Crippen LogP contribution in [-0.4, -0.2) is 8.42 Å². The van der Waals surface area contributed by atoms with Gasteiger partial charge in [-0.25, -0.2) is 17.9 Å². The highest BCUT2D eigenvalue weighted by Crippen LogP contribution is 2.32. The van der Waals surface area contributed by atoms with E-state index in [2.05, 4.69) is 15.9 Å². The van der Waals surface area contributed by atoms with Crippen LogP contribution in [0.15, 0.2) is 45.8 Å². The molecule has 2 aromatic rings. The summed E-state index contributed by atoms with van der Waals surface area (Å²) in [7, 11) is -3.77. The van der Waals surface area contributed by atoms with Crippen LogP contribution in [0, 0.1) is 12.7 Å². The molecule has 0 unspecified atom stereocenters. The van der Waals surface area contributed by atoms with Crippen molar-refractivity contribution in [2.75, 3.05) is 0 Å². The van der Waals surface area contributed by atoms with Gasteiger partial charge in [-0.15, -0.1) is 0 Å². The Hall–Kier alpha value is -1.44. The maximum absolute atomic E-state index is 13.4. The van der Waals surface area contributed by atoms with Crippen LogP contribution in [0.3, 0.4) is 0 Å². The highest BCUT2D eigenvalue weighted by Gasteiger charge is 2.12. The maximum Gasteiger partial charge on any atom is 0.238 e. The zero-order valence-corrected chi connectivity index (χ0v) is 12.8. The van der Waals surface area contributed by atoms with Gasteiger partial charge in [-0.3, -0.25) is 0 Å². The molecule has 106 valence electrons. The minimum Gasteiger partial charge on any atom is -0.456 e. The second-order valence-electron chi connectivity index (χ2n) is 4.15. The van der Waals surface area contributed by atoms with Gasteiger partial charge >= 0.3 is 0 Å². The molecule has 0 heterocycles. The quantitative estimate of drug-likeness (QED) is 0.913. The van der Waals surface area contributed by atoms with Gasteiger partial charge in [0.05, 0.1) is 9.37 Å². The number of hydrogen-bond donors (Lipinski definition) is 1. The van der Waals surface area contributed by atoms with Crippen molar-refractivity contribution in [1.82, 2.24) is 0 Å². The Morgan fingerprint density at radius 2 is 1.90 bits per heavy atom. The highest BCUT2D eigenvalue weighted by atomic mass is 79.9. The number of hydrogen-bond acceptors (Lipinski definition) is 3. The van der Waals surface area contributed by atoms with Crippen molar-refractivity contribution in [2.45, 2.75) is 11.8 Å². The lowest BCUT2D eigenvalue weighted by Crippen LogP contribution is -2.11. The number of halogens is 2. The van der Waals surface area contributed by atoms with Gasteiger partial charge in [-0.2, -0.15) is 0 Å². The Balaban J connectivity index is 2.32. The van der Waals surface area contributed by atoms with Crippen molar-refractivity contribution in [2.24, 2.45) is 5.14 Å². The van der Waals surface area contributed by atoms with Crippen LogP contribution in [0.5, 0.6) is 11.5 Å². The summed E-state index contributed by atoms with van der Waals surface area (Å²) in [5.74, 6) is 0.303. The Labute approximate surface area is 124 Å². The summed E-state index contributed by atoms with van der Waals surface area (Å²) in [4.78, 5) is -0.0354. The molecule has 0 bridgehead atoms. The van der Waals surface area contributed by atoms with Crippen LogP contribution in [0.2, 0.25) is 0 Å². The molecule has 0 aromatic heterocycles. The maximum atomic E-state index is 13.4. The van der Waals surface area contributed by atoms with Crippen molar-refractivity contribution in [3.63, 3.8) is 0 Å². The molecule has 0 aliphatic carbocycles. The van der Waals surface area contributed by atoms with Gasteiger partial charge in [0.25, 0.3) is 0 Å². The molecule has 7 heteroatoms. The summed E-state index contributed by atoms with van der Waals surface area (Å²) in [6.07, 6.45) is 0. The molecule has 0 aliphatic rings. The molecule has 0 atom stereocenters. The number of primary sulfonamides is 1. The number of benzene rings is 2. The van der Waals surface area contributed by atoms with Crippen LogP contribution in [-0.2, 0) is 10.0 Å². The van der Waals surface area contributed by atoms with E-state index in [9.17, 15) is 12.8 Å². The van der Waals surface area contributed by atoms with E-state index in [0.29, 0.717) is 21.5 Å². The number of ether oxygens (including phenoxy) is 1. The Morgan fingerprint density at radius 1 is 1.20 bits per heavy atom. The minimum absolute atomic E-state index is 0.0354. The second-order valence-corrected chi connectivity index (χ2v) is 6.57. The Morgan fingerprint density at radius 3 is 2.45 bits per heavy atom. The Kier molecular flexibility index (Phi) is 4.12. The number of aryl methyl sites for hydroxylation is 1. The number of nitrogens with two attached hydrogens (primary N) is 1. The summed E-state index contributed by atoms with van der Waals surface area (Å²) < 4.78 is 41.7. The summed E-state index contributed by atoms with van der Waals surface area (Å²) in [5.41, 5.74) is 0.515. The smallest absolute Gasteiger partial charge is 0.238 e. The lowest BCUT2D eigenvalue weighted by molar-refractivity contribution is 0.472.